The Morgan fingerprint density at radius 3 is 2.65 bits per heavy atom. The largest absolute Gasteiger partial charge is 0.456 e. The fraction of sp³-hybridized carbons (Fsp3) is 0.0769. The number of benzene rings is 2. The Balaban J connectivity index is 2.24. The van der Waals surface area contributed by atoms with Crippen molar-refractivity contribution in [1.82, 2.24) is 0 Å². The zero-order valence-corrected chi connectivity index (χ0v) is 10.6. The van der Waals surface area contributed by atoms with Crippen LogP contribution in [-0.4, -0.2) is 0 Å². The molecule has 2 aromatic carbocycles. The molecule has 0 aliphatic carbocycles. The standard InChI is InChI=1S/C13H11BrFNO/c14-12-6-9(8-16)4-5-13(12)17-11-3-1-2-10(15)7-11/h1-7H,8,16H2. The second-order valence-electron chi connectivity index (χ2n) is 3.53. The monoisotopic (exact) mass is 295 g/mol. The van der Waals surface area contributed by atoms with Crippen molar-refractivity contribution in [2.45, 2.75) is 6.54 Å². The predicted octanol–water partition coefficient (Wildman–Crippen LogP) is 3.84. The highest BCUT2D eigenvalue weighted by atomic mass is 79.9. The van der Waals surface area contributed by atoms with Gasteiger partial charge in [-0.2, -0.15) is 0 Å². The zero-order valence-electron chi connectivity index (χ0n) is 8.99. The Hall–Kier alpha value is -1.39. The van der Waals surface area contributed by atoms with Gasteiger partial charge in [0.1, 0.15) is 17.3 Å². The molecule has 2 nitrogen and oxygen atoms in total. The van der Waals surface area contributed by atoms with Crippen LogP contribution in [0.1, 0.15) is 5.56 Å². The number of hydrogen-bond acceptors (Lipinski definition) is 2. The highest BCUT2D eigenvalue weighted by Crippen LogP contribution is 2.30. The summed E-state index contributed by atoms with van der Waals surface area (Å²) in [4.78, 5) is 0. The van der Waals surface area contributed by atoms with E-state index in [4.69, 9.17) is 10.5 Å². The minimum absolute atomic E-state index is 0.322. The Kier molecular flexibility index (Phi) is 3.76. The number of halogens is 2. The van der Waals surface area contributed by atoms with Crippen LogP contribution in [-0.2, 0) is 6.54 Å². The summed E-state index contributed by atoms with van der Waals surface area (Å²) in [6.45, 7) is 0.471. The number of rotatable bonds is 3. The average molecular weight is 296 g/mol. The molecule has 0 bridgehead atoms. The maximum Gasteiger partial charge on any atom is 0.141 e. The lowest BCUT2D eigenvalue weighted by molar-refractivity contribution is 0.473. The summed E-state index contributed by atoms with van der Waals surface area (Å²) < 4.78 is 19.3. The van der Waals surface area contributed by atoms with Gasteiger partial charge in [0.25, 0.3) is 0 Å². The van der Waals surface area contributed by atoms with E-state index in [1.165, 1.54) is 12.1 Å². The highest BCUT2D eigenvalue weighted by molar-refractivity contribution is 9.10. The van der Waals surface area contributed by atoms with Crippen molar-refractivity contribution in [3.8, 4) is 11.5 Å². The molecule has 0 spiro atoms. The molecular formula is C13H11BrFNO. The minimum atomic E-state index is -0.322. The van der Waals surface area contributed by atoms with Crippen LogP contribution in [0.5, 0.6) is 11.5 Å². The maximum absolute atomic E-state index is 13.0. The van der Waals surface area contributed by atoms with Crippen LogP contribution in [0, 0.1) is 5.82 Å². The smallest absolute Gasteiger partial charge is 0.141 e. The Labute approximate surface area is 107 Å². The Bertz CT molecular complexity index is 531. The zero-order chi connectivity index (χ0) is 12.3. The minimum Gasteiger partial charge on any atom is -0.456 e. The van der Waals surface area contributed by atoms with Crippen LogP contribution in [0.4, 0.5) is 4.39 Å². The average Bonchev–Trinajstić information content (AvgIpc) is 2.32. The van der Waals surface area contributed by atoms with Gasteiger partial charge in [-0.15, -0.1) is 0 Å². The lowest BCUT2D eigenvalue weighted by Crippen LogP contribution is -1.96. The molecule has 0 atom stereocenters. The number of ether oxygens (including phenoxy) is 1. The van der Waals surface area contributed by atoms with E-state index < -0.39 is 0 Å². The normalized spacial score (nSPS) is 10.3. The fourth-order valence-electron chi connectivity index (χ4n) is 1.41. The Morgan fingerprint density at radius 2 is 2.00 bits per heavy atom. The van der Waals surface area contributed by atoms with Crippen LogP contribution in [0.3, 0.4) is 0 Å². The third kappa shape index (κ3) is 3.05. The first-order valence-corrected chi connectivity index (χ1v) is 5.90. The lowest BCUT2D eigenvalue weighted by atomic mass is 10.2. The molecular weight excluding hydrogens is 285 g/mol. The van der Waals surface area contributed by atoms with Crippen LogP contribution >= 0.6 is 15.9 Å². The van der Waals surface area contributed by atoms with E-state index in [2.05, 4.69) is 15.9 Å². The summed E-state index contributed by atoms with van der Waals surface area (Å²) in [5.74, 6) is 0.774. The van der Waals surface area contributed by atoms with Gasteiger partial charge in [0.15, 0.2) is 0 Å². The molecule has 0 aliphatic heterocycles. The summed E-state index contributed by atoms with van der Waals surface area (Å²) in [6.07, 6.45) is 0. The van der Waals surface area contributed by atoms with Gasteiger partial charge in [0.2, 0.25) is 0 Å². The first-order valence-electron chi connectivity index (χ1n) is 5.11. The molecule has 0 radical (unpaired) electrons. The molecule has 2 N–H and O–H groups in total. The summed E-state index contributed by atoms with van der Waals surface area (Å²) in [7, 11) is 0. The van der Waals surface area contributed by atoms with Crippen molar-refractivity contribution in [3.63, 3.8) is 0 Å². The molecule has 0 saturated heterocycles. The summed E-state index contributed by atoms with van der Waals surface area (Å²) in [5.41, 5.74) is 6.53. The van der Waals surface area contributed by atoms with Gasteiger partial charge < -0.3 is 10.5 Å². The van der Waals surface area contributed by atoms with Crippen molar-refractivity contribution < 1.29 is 9.13 Å². The molecule has 0 fully saturated rings. The topological polar surface area (TPSA) is 35.2 Å². The molecule has 0 amide bonds. The third-order valence-electron chi connectivity index (χ3n) is 2.26. The fourth-order valence-corrected chi connectivity index (χ4v) is 1.92. The molecule has 4 heteroatoms. The molecule has 88 valence electrons. The van der Waals surface area contributed by atoms with Crippen molar-refractivity contribution in [1.29, 1.82) is 0 Å². The molecule has 17 heavy (non-hydrogen) atoms. The van der Waals surface area contributed by atoms with Gasteiger partial charge in [0, 0.05) is 12.6 Å². The molecule has 2 rings (SSSR count). The quantitative estimate of drug-likeness (QED) is 0.934. The van der Waals surface area contributed by atoms with Crippen LogP contribution in [0.25, 0.3) is 0 Å². The molecule has 0 heterocycles. The van der Waals surface area contributed by atoms with Gasteiger partial charge in [-0.25, -0.2) is 4.39 Å². The second-order valence-corrected chi connectivity index (χ2v) is 4.38. The van der Waals surface area contributed by atoms with Gasteiger partial charge in [0.05, 0.1) is 4.47 Å². The van der Waals surface area contributed by atoms with Crippen LogP contribution in [0.2, 0.25) is 0 Å². The first kappa shape index (κ1) is 12.1. The van der Waals surface area contributed by atoms with E-state index in [1.807, 2.05) is 12.1 Å². The molecule has 0 unspecified atom stereocenters. The van der Waals surface area contributed by atoms with Crippen molar-refractivity contribution >= 4 is 15.9 Å². The highest BCUT2D eigenvalue weighted by Gasteiger charge is 2.04. The van der Waals surface area contributed by atoms with Crippen molar-refractivity contribution in [2.75, 3.05) is 0 Å². The lowest BCUT2D eigenvalue weighted by Gasteiger charge is -2.08. The van der Waals surface area contributed by atoms with E-state index in [0.717, 1.165) is 10.0 Å². The van der Waals surface area contributed by atoms with Crippen LogP contribution < -0.4 is 10.5 Å². The maximum atomic E-state index is 13.0. The predicted molar refractivity (Wildman–Crippen MR) is 68.5 cm³/mol. The number of nitrogens with two attached hydrogens (primary N) is 1. The van der Waals surface area contributed by atoms with Gasteiger partial charge in [-0.1, -0.05) is 12.1 Å². The van der Waals surface area contributed by atoms with Crippen molar-refractivity contribution in [2.24, 2.45) is 5.73 Å². The SMILES string of the molecule is NCc1ccc(Oc2cccc(F)c2)c(Br)c1. The Morgan fingerprint density at radius 1 is 1.18 bits per heavy atom. The van der Waals surface area contributed by atoms with Gasteiger partial charge in [-0.05, 0) is 45.8 Å². The van der Waals surface area contributed by atoms with Gasteiger partial charge in [-0.3, -0.25) is 0 Å². The molecule has 0 saturated carbocycles. The second kappa shape index (κ2) is 5.29. The van der Waals surface area contributed by atoms with Gasteiger partial charge >= 0.3 is 0 Å². The van der Waals surface area contributed by atoms with E-state index >= 15 is 0 Å². The summed E-state index contributed by atoms with van der Waals surface area (Å²) >= 11 is 3.39. The van der Waals surface area contributed by atoms with E-state index in [0.29, 0.717) is 18.0 Å². The summed E-state index contributed by atoms with van der Waals surface area (Å²) in [6, 6.07) is 11.6. The first-order chi connectivity index (χ1) is 8.19. The third-order valence-corrected chi connectivity index (χ3v) is 2.88. The molecule has 0 aromatic heterocycles. The number of hydrogen-bond donors (Lipinski definition) is 1. The van der Waals surface area contributed by atoms with E-state index in [-0.39, 0.29) is 5.82 Å². The van der Waals surface area contributed by atoms with Crippen molar-refractivity contribution in [3.05, 3.63) is 58.3 Å². The van der Waals surface area contributed by atoms with Crippen LogP contribution in [0.15, 0.2) is 46.9 Å². The molecule has 0 aliphatic rings. The molecule has 2 aromatic rings. The summed E-state index contributed by atoms with van der Waals surface area (Å²) in [5, 5.41) is 0. The van der Waals surface area contributed by atoms with E-state index in [1.54, 1.807) is 18.2 Å². The van der Waals surface area contributed by atoms with E-state index in [9.17, 15) is 4.39 Å².